The third-order valence-corrected chi connectivity index (χ3v) is 18.6. The number of hydrogen-bond acceptors (Lipinski definition) is 5. The Hall–Kier alpha value is -11.0. The van der Waals surface area contributed by atoms with Gasteiger partial charge in [-0.05, 0) is 212 Å². The van der Waals surface area contributed by atoms with Crippen LogP contribution in [0.15, 0.2) is 373 Å². The van der Waals surface area contributed by atoms with Crippen molar-refractivity contribution in [2.24, 2.45) is 0 Å². The molecule has 2 aliphatic carbocycles. The minimum Gasteiger partial charge on any atom is -0.508 e. The molecule has 0 bridgehead atoms. The number of phenolic OH excluding ortho intramolecular Hbond substituents is 2. The zero-order valence-electron chi connectivity index (χ0n) is 50.7. The molecule has 0 aliphatic heterocycles. The lowest BCUT2D eigenvalue weighted by atomic mass is 9.67. The zero-order valence-corrected chi connectivity index (χ0v) is 53.9. The molecule has 2 aliphatic rings. The third-order valence-electron chi connectivity index (χ3n) is 17.6. The molecule has 14 aromatic carbocycles. The van der Waals surface area contributed by atoms with Crippen LogP contribution in [0.25, 0.3) is 22.3 Å². The van der Waals surface area contributed by atoms with Gasteiger partial charge in [-0.1, -0.05) is 250 Å². The number of benzene rings is 14. The fraction of sp³-hybridized carbons (Fsp3) is 0.0233. The molecule has 448 valence electrons. The zero-order chi connectivity index (χ0) is 63.1. The Balaban J connectivity index is 0.000000151. The maximum absolute atomic E-state index is 10.6. The molecular weight excluding hydrogens is 1270 g/mol. The van der Waals surface area contributed by atoms with Gasteiger partial charge >= 0.3 is 0 Å². The normalized spacial score (nSPS) is 12.5. The highest BCUT2D eigenvalue weighted by Crippen LogP contribution is 2.60. The van der Waals surface area contributed by atoms with Crippen molar-refractivity contribution >= 4 is 77.4 Å². The molecule has 0 spiro atoms. The molecular formula is C86H63Br2N3O2. The van der Waals surface area contributed by atoms with Gasteiger partial charge in [0.1, 0.15) is 11.5 Å². The van der Waals surface area contributed by atoms with E-state index in [1.54, 1.807) is 12.1 Å². The molecule has 5 nitrogen and oxygen atoms in total. The van der Waals surface area contributed by atoms with E-state index in [-0.39, 0.29) is 11.5 Å². The van der Waals surface area contributed by atoms with Gasteiger partial charge in [0.15, 0.2) is 0 Å². The Morgan fingerprint density at radius 3 is 0.785 bits per heavy atom. The van der Waals surface area contributed by atoms with Crippen molar-refractivity contribution in [1.82, 2.24) is 0 Å². The summed E-state index contributed by atoms with van der Waals surface area (Å²) in [7, 11) is 0. The molecule has 0 saturated carbocycles. The second kappa shape index (κ2) is 26.5. The molecule has 0 amide bonds. The summed E-state index contributed by atoms with van der Waals surface area (Å²) in [6.07, 6.45) is 0. The first-order chi connectivity index (χ1) is 45.8. The van der Waals surface area contributed by atoms with Gasteiger partial charge in [0.2, 0.25) is 0 Å². The monoisotopic (exact) mass is 1330 g/mol. The molecule has 7 heteroatoms. The van der Waals surface area contributed by atoms with Gasteiger partial charge in [-0.2, -0.15) is 0 Å². The number of rotatable bonds is 12. The lowest BCUT2D eigenvalue weighted by Crippen LogP contribution is -2.29. The second-order valence-corrected chi connectivity index (χ2v) is 24.9. The van der Waals surface area contributed by atoms with Crippen molar-refractivity contribution in [1.29, 1.82) is 0 Å². The van der Waals surface area contributed by atoms with Crippen molar-refractivity contribution in [3.63, 3.8) is 0 Å². The van der Waals surface area contributed by atoms with Crippen LogP contribution in [-0.2, 0) is 10.8 Å². The van der Waals surface area contributed by atoms with E-state index in [9.17, 15) is 10.2 Å². The fourth-order valence-corrected chi connectivity index (χ4v) is 14.4. The largest absolute Gasteiger partial charge is 0.508 e. The van der Waals surface area contributed by atoms with E-state index in [1.807, 2.05) is 91.0 Å². The Labute approximate surface area is 560 Å². The molecule has 0 atom stereocenters. The second-order valence-electron chi connectivity index (χ2n) is 23.0. The SMILES string of the molecule is Oc1ccc(C2(c3ccccc3)c3cc(Br)ccc3-c3ccc(Br)cc32)cc1.Oc1ccc(C2(c3ccccc3)c3cc(N(c4ccccc4)c4ccccc4)ccc3-c3ccc(N(c4ccccc4)c4ccccc4)cc32)cc1.c1ccc(Nc2ccccc2)cc1. The van der Waals surface area contributed by atoms with Crippen LogP contribution < -0.4 is 15.1 Å². The minimum absolute atomic E-state index is 0.242. The van der Waals surface area contributed by atoms with Crippen LogP contribution in [0.4, 0.5) is 45.5 Å². The summed E-state index contributed by atoms with van der Waals surface area (Å²) in [5.74, 6) is 0.514. The average molecular weight is 1330 g/mol. The number of halogens is 2. The molecule has 0 fully saturated rings. The Morgan fingerprint density at radius 1 is 0.237 bits per heavy atom. The Morgan fingerprint density at radius 2 is 0.484 bits per heavy atom. The van der Waals surface area contributed by atoms with Crippen LogP contribution in [-0.4, -0.2) is 10.2 Å². The maximum Gasteiger partial charge on any atom is 0.115 e. The van der Waals surface area contributed by atoms with Gasteiger partial charge < -0.3 is 25.3 Å². The molecule has 0 radical (unpaired) electrons. The summed E-state index contributed by atoms with van der Waals surface area (Å²) in [5, 5.41) is 23.8. The van der Waals surface area contributed by atoms with Crippen LogP contribution >= 0.6 is 31.9 Å². The van der Waals surface area contributed by atoms with E-state index < -0.39 is 10.8 Å². The standard InChI is InChI=1S/C49H36N2O.C25H16Br2O.C12H11N/c52-44-30-26-37(27-31-44)49(36-16-6-1-7-17-36)47-34-42(50(38-18-8-2-9-19-38)39-20-10-3-11-21-39)28-32-45(47)46-33-29-43(35-48(46)49)51(40-22-12-4-13-23-40)41-24-14-5-15-25-41;26-18-8-12-21-22-13-9-19(27)15-24(22)25(23(21)14-18,16-4-2-1-3-5-16)17-6-10-20(28)11-7-17;1-3-7-11(8-4-1)13-12-9-5-2-6-10-12/h1-35,52H;1-15,28H;1-10,13H. The van der Waals surface area contributed by atoms with E-state index in [0.717, 1.165) is 71.1 Å². The summed E-state index contributed by atoms with van der Waals surface area (Å²) < 4.78 is 2.11. The first-order valence-electron chi connectivity index (χ1n) is 31.0. The van der Waals surface area contributed by atoms with E-state index in [1.165, 1.54) is 50.1 Å². The molecule has 16 rings (SSSR count). The van der Waals surface area contributed by atoms with Gasteiger partial charge in [-0.25, -0.2) is 0 Å². The molecule has 3 N–H and O–H groups in total. The van der Waals surface area contributed by atoms with Gasteiger partial charge in [0.25, 0.3) is 0 Å². The Kier molecular flexibility index (Phi) is 17.0. The smallest absolute Gasteiger partial charge is 0.115 e. The lowest BCUT2D eigenvalue weighted by molar-refractivity contribution is 0.474. The average Bonchev–Trinajstić information content (AvgIpc) is 1.56. The van der Waals surface area contributed by atoms with E-state index in [0.29, 0.717) is 0 Å². The highest BCUT2D eigenvalue weighted by molar-refractivity contribution is 9.10. The maximum atomic E-state index is 10.6. The van der Waals surface area contributed by atoms with Crippen LogP contribution in [0.2, 0.25) is 0 Å². The first-order valence-corrected chi connectivity index (χ1v) is 32.6. The number of anilines is 8. The van der Waals surface area contributed by atoms with Gasteiger partial charge in [-0.15, -0.1) is 0 Å². The van der Waals surface area contributed by atoms with Crippen LogP contribution in [0.1, 0.15) is 44.5 Å². The van der Waals surface area contributed by atoms with E-state index in [2.05, 4.69) is 308 Å². The Bertz CT molecular complexity index is 4540. The van der Waals surface area contributed by atoms with Crippen LogP contribution in [0.5, 0.6) is 11.5 Å². The predicted octanol–water partition coefficient (Wildman–Crippen LogP) is 23.4. The van der Waals surface area contributed by atoms with Crippen molar-refractivity contribution < 1.29 is 10.2 Å². The van der Waals surface area contributed by atoms with E-state index in [4.69, 9.17) is 0 Å². The number of fused-ring (bicyclic) bond motifs is 6. The highest BCUT2D eigenvalue weighted by Gasteiger charge is 2.48. The van der Waals surface area contributed by atoms with Crippen LogP contribution in [0, 0.1) is 0 Å². The number of aromatic hydroxyl groups is 2. The summed E-state index contributed by atoms with van der Waals surface area (Å²) in [5.41, 5.74) is 21.9. The summed E-state index contributed by atoms with van der Waals surface area (Å²) >= 11 is 7.37. The summed E-state index contributed by atoms with van der Waals surface area (Å²) in [6, 6.07) is 126. The number of nitrogens with zero attached hydrogens (tertiary/aromatic N) is 2. The predicted molar refractivity (Wildman–Crippen MR) is 392 cm³/mol. The van der Waals surface area contributed by atoms with Gasteiger partial charge in [0, 0.05) is 54.4 Å². The summed E-state index contributed by atoms with van der Waals surface area (Å²) in [6.45, 7) is 0. The third kappa shape index (κ3) is 11.6. The topological polar surface area (TPSA) is 59.0 Å². The molecule has 0 aromatic heterocycles. The van der Waals surface area contributed by atoms with Crippen molar-refractivity contribution in [2.45, 2.75) is 10.8 Å². The molecule has 0 heterocycles. The van der Waals surface area contributed by atoms with Crippen LogP contribution in [0.3, 0.4) is 0 Å². The van der Waals surface area contributed by atoms with E-state index >= 15 is 0 Å². The quantitative estimate of drug-likeness (QED) is 0.114. The number of hydrogen-bond donors (Lipinski definition) is 3. The summed E-state index contributed by atoms with van der Waals surface area (Å²) in [4.78, 5) is 4.65. The first kappa shape index (κ1) is 59.7. The molecule has 0 unspecified atom stereocenters. The highest BCUT2D eigenvalue weighted by atomic mass is 79.9. The number of phenols is 2. The van der Waals surface area contributed by atoms with Gasteiger partial charge in [-0.3, -0.25) is 0 Å². The van der Waals surface area contributed by atoms with Gasteiger partial charge in [0.05, 0.1) is 10.8 Å². The lowest BCUT2D eigenvalue weighted by Gasteiger charge is -2.35. The number of nitrogens with one attached hydrogen (secondary N) is 1. The molecule has 0 saturated heterocycles. The van der Waals surface area contributed by atoms with Crippen molar-refractivity contribution in [3.8, 4) is 33.8 Å². The molecule has 93 heavy (non-hydrogen) atoms. The minimum atomic E-state index is -0.691. The fourth-order valence-electron chi connectivity index (χ4n) is 13.6. The van der Waals surface area contributed by atoms with Crippen molar-refractivity contribution in [3.05, 3.63) is 417 Å². The molecule has 14 aromatic rings. The number of para-hydroxylation sites is 6. The van der Waals surface area contributed by atoms with Crippen molar-refractivity contribution in [2.75, 3.05) is 15.1 Å².